The third-order valence-electron chi connectivity index (χ3n) is 7.94. The maximum Gasteiger partial charge on any atom is 0.148 e. The lowest BCUT2D eigenvalue weighted by Gasteiger charge is -2.34. The molecule has 0 bridgehead atoms. The van der Waals surface area contributed by atoms with Crippen LogP contribution in [0.3, 0.4) is 0 Å². The summed E-state index contributed by atoms with van der Waals surface area (Å²) >= 11 is 14.4. The van der Waals surface area contributed by atoms with Crippen LogP contribution in [-0.4, -0.2) is 4.33 Å². The Morgan fingerprint density at radius 3 is 1.41 bits per heavy atom. The van der Waals surface area contributed by atoms with E-state index in [-0.39, 0.29) is 5.92 Å². The van der Waals surface area contributed by atoms with E-state index in [1.54, 1.807) is 0 Å². The first kappa shape index (κ1) is 29.8. The molecule has 1 aliphatic carbocycles. The molecule has 44 heavy (non-hydrogen) atoms. The first-order valence-electron chi connectivity index (χ1n) is 14.9. The van der Waals surface area contributed by atoms with Gasteiger partial charge in [-0.15, -0.1) is 0 Å². The second-order valence-electron chi connectivity index (χ2n) is 11.7. The van der Waals surface area contributed by atoms with Crippen molar-refractivity contribution in [3.63, 3.8) is 0 Å². The smallest absolute Gasteiger partial charge is 0.148 e. The number of aryl methyl sites for hydroxylation is 4. The monoisotopic (exact) mass is 614 g/mol. The summed E-state index contributed by atoms with van der Waals surface area (Å²) in [4.78, 5) is 4.51. The Morgan fingerprint density at radius 2 is 0.932 bits per heavy atom. The second kappa shape index (κ2) is 12.4. The molecule has 2 nitrogen and oxygen atoms in total. The molecule has 0 heterocycles. The van der Waals surface area contributed by atoms with Gasteiger partial charge in [-0.3, -0.25) is 0 Å². The molecule has 0 saturated carbocycles. The summed E-state index contributed by atoms with van der Waals surface area (Å²) in [5, 5.41) is 0. The van der Waals surface area contributed by atoms with E-state index in [4.69, 9.17) is 23.2 Å². The van der Waals surface area contributed by atoms with Crippen LogP contribution < -0.4 is 9.80 Å². The quantitative estimate of drug-likeness (QED) is 0.168. The summed E-state index contributed by atoms with van der Waals surface area (Å²) in [6.07, 6.45) is 6.24. The molecule has 0 amide bonds. The SMILES string of the molecule is Cc1cc(C)cc(N(C2=CC(Cl)(Cl)C(c3ccc(N(c4ccccc4)c4cc(C)cc(C)c4)cc3)C=C2)c2ccccc2)c1. The van der Waals surface area contributed by atoms with Gasteiger partial charge in [0.2, 0.25) is 0 Å². The standard InChI is InChI=1S/C40H36Cl2N2/c1-28-21-29(2)24-37(23-28)43(33-11-7-5-8-12-33)35-17-15-32(16-18-35)39-20-19-36(27-40(39,41)42)44(34-13-9-6-10-14-34)38-25-30(3)22-31(4)26-38/h5-27,39H,1-4H3. The van der Waals surface area contributed by atoms with Crippen LogP contribution in [0.4, 0.5) is 28.4 Å². The predicted octanol–water partition coefficient (Wildman–Crippen LogP) is 11.9. The van der Waals surface area contributed by atoms with Crippen LogP contribution in [0.2, 0.25) is 0 Å². The van der Waals surface area contributed by atoms with Crippen molar-refractivity contribution in [1.82, 2.24) is 0 Å². The lowest BCUT2D eigenvalue weighted by atomic mass is 9.90. The maximum atomic E-state index is 7.18. The normalized spacial score (nSPS) is 15.5. The lowest BCUT2D eigenvalue weighted by Crippen LogP contribution is -2.27. The van der Waals surface area contributed by atoms with Gasteiger partial charge in [0, 0.05) is 40.1 Å². The van der Waals surface area contributed by atoms with Gasteiger partial charge in [-0.1, -0.05) is 89.9 Å². The summed E-state index contributed by atoms with van der Waals surface area (Å²) in [6, 6.07) is 42.6. The van der Waals surface area contributed by atoms with E-state index in [9.17, 15) is 0 Å². The fraction of sp³-hybridized carbons (Fsp3) is 0.150. The van der Waals surface area contributed by atoms with Crippen molar-refractivity contribution >= 4 is 51.6 Å². The molecule has 0 spiro atoms. The first-order valence-corrected chi connectivity index (χ1v) is 15.7. The van der Waals surface area contributed by atoms with Crippen molar-refractivity contribution in [2.24, 2.45) is 0 Å². The van der Waals surface area contributed by atoms with Gasteiger partial charge < -0.3 is 9.80 Å². The van der Waals surface area contributed by atoms with Crippen LogP contribution in [0.15, 0.2) is 145 Å². The highest BCUT2D eigenvalue weighted by molar-refractivity contribution is 6.50. The molecule has 0 saturated heterocycles. The molecule has 1 atom stereocenters. The highest BCUT2D eigenvalue weighted by Gasteiger charge is 2.36. The predicted molar refractivity (Wildman–Crippen MR) is 189 cm³/mol. The van der Waals surface area contributed by atoms with Crippen LogP contribution in [-0.2, 0) is 0 Å². The zero-order valence-electron chi connectivity index (χ0n) is 25.5. The van der Waals surface area contributed by atoms with E-state index in [1.807, 2.05) is 30.3 Å². The third-order valence-corrected chi connectivity index (χ3v) is 8.63. The van der Waals surface area contributed by atoms with Crippen LogP contribution >= 0.6 is 23.2 Å². The molecule has 0 fully saturated rings. The van der Waals surface area contributed by atoms with Crippen LogP contribution in [0, 0.1) is 27.7 Å². The Balaban J connectivity index is 1.34. The Morgan fingerprint density at radius 1 is 0.500 bits per heavy atom. The van der Waals surface area contributed by atoms with E-state index >= 15 is 0 Å². The topological polar surface area (TPSA) is 6.48 Å². The molecule has 0 radical (unpaired) electrons. The van der Waals surface area contributed by atoms with Crippen molar-refractivity contribution in [1.29, 1.82) is 0 Å². The minimum atomic E-state index is -1.15. The Hall–Kier alpha value is -4.24. The number of benzene rings is 5. The van der Waals surface area contributed by atoms with Crippen LogP contribution in [0.5, 0.6) is 0 Å². The molecular weight excluding hydrogens is 579 g/mol. The number of allylic oxidation sites excluding steroid dienone is 3. The first-order chi connectivity index (χ1) is 21.2. The van der Waals surface area contributed by atoms with Gasteiger partial charge in [-0.05, 0) is 128 Å². The van der Waals surface area contributed by atoms with Crippen molar-refractivity contribution in [2.75, 3.05) is 9.80 Å². The van der Waals surface area contributed by atoms with Gasteiger partial charge in [0.25, 0.3) is 0 Å². The lowest BCUT2D eigenvalue weighted by molar-refractivity contribution is 0.791. The molecule has 1 aliphatic rings. The molecule has 0 N–H and O–H groups in total. The van der Waals surface area contributed by atoms with Crippen LogP contribution in [0.25, 0.3) is 0 Å². The van der Waals surface area contributed by atoms with E-state index in [0.717, 1.165) is 39.7 Å². The average molecular weight is 616 g/mol. The van der Waals surface area contributed by atoms with Crippen molar-refractivity contribution in [3.05, 3.63) is 173 Å². The number of halogens is 2. The average Bonchev–Trinajstić information content (AvgIpc) is 2.98. The van der Waals surface area contributed by atoms with E-state index in [0.29, 0.717) is 0 Å². The largest absolute Gasteiger partial charge is 0.311 e. The van der Waals surface area contributed by atoms with Crippen LogP contribution in [0.1, 0.15) is 33.7 Å². The maximum absolute atomic E-state index is 7.18. The van der Waals surface area contributed by atoms with E-state index < -0.39 is 4.33 Å². The van der Waals surface area contributed by atoms with Gasteiger partial charge in [-0.2, -0.15) is 0 Å². The van der Waals surface area contributed by atoms with Gasteiger partial charge in [0.15, 0.2) is 0 Å². The summed E-state index contributed by atoms with van der Waals surface area (Å²) < 4.78 is -1.15. The third kappa shape index (κ3) is 6.33. The number of para-hydroxylation sites is 2. The summed E-state index contributed by atoms with van der Waals surface area (Å²) in [5.74, 6) is -0.216. The molecule has 5 aromatic carbocycles. The minimum absolute atomic E-state index is 0.216. The van der Waals surface area contributed by atoms with E-state index in [1.165, 1.54) is 22.3 Å². The fourth-order valence-corrected chi connectivity index (χ4v) is 6.79. The Bertz CT molecular complexity index is 1780. The molecule has 6 rings (SSSR count). The van der Waals surface area contributed by atoms with E-state index in [2.05, 4.69) is 147 Å². The van der Waals surface area contributed by atoms with Crippen molar-refractivity contribution in [2.45, 2.75) is 37.9 Å². The Kier molecular flexibility index (Phi) is 8.40. The number of hydrogen-bond acceptors (Lipinski definition) is 2. The Labute approximate surface area is 271 Å². The number of hydrogen-bond donors (Lipinski definition) is 0. The highest BCUT2D eigenvalue weighted by atomic mass is 35.5. The van der Waals surface area contributed by atoms with Gasteiger partial charge in [-0.25, -0.2) is 0 Å². The number of rotatable bonds is 7. The molecule has 220 valence electrons. The highest BCUT2D eigenvalue weighted by Crippen LogP contribution is 2.46. The van der Waals surface area contributed by atoms with Crippen molar-refractivity contribution in [3.8, 4) is 0 Å². The molecule has 0 aliphatic heterocycles. The zero-order chi connectivity index (χ0) is 30.8. The molecule has 4 heteroatoms. The summed E-state index contributed by atoms with van der Waals surface area (Å²) in [5.41, 5.74) is 12.3. The zero-order valence-corrected chi connectivity index (χ0v) is 27.0. The number of anilines is 5. The number of nitrogens with zero attached hydrogens (tertiary/aromatic N) is 2. The van der Waals surface area contributed by atoms with Gasteiger partial charge in [0.1, 0.15) is 4.33 Å². The molecule has 0 aromatic heterocycles. The molecule has 1 unspecified atom stereocenters. The fourth-order valence-electron chi connectivity index (χ4n) is 6.17. The number of alkyl halides is 2. The minimum Gasteiger partial charge on any atom is -0.311 e. The summed E-state index contributed by atoms with van der Waals surface area (Å²) in [7, 11) is 0. The molecular formula is C40H36Cl2N2. The van der Waals surface area contributed by atoms with Gasteiger partial charge >= 0.3 is 0 Å². The van der Waals surface area contributed by atoms with Crippen molar-refractivity contribution < 1.29 is 0 Å². The van der Waals surface area contributed by atoms with Gasteiger partial charge in [0.05, 0.1) is 0 Å². The molecule has 5 aromatic rings. The second-order valence-corrected chi connectivity index (χ2v) is 13.2. The summed E-state index contributed by atoms with van der Waals surface area (Å²) in [6.45, 7) is 8.52.